The summed E-state index contributed by atoms with van der Waals surface area (Å²) in [5.41, 5.74) is 1.95. The number of hydrogen-bond acceptors (Lipinski definition) is 7. The van der Waals surface area contributed by atoms with Gasteiger partial charge in [-0.15, -0.1) is 0 Å². The van der Waals surface area contributed by atoms with E-state index in [0.717, 1.165) is 10.3 Å². The molecule has 0 fully saturated rings. The molecule has 0 unspecified atom stereocenters. The molecule has 0 aliphatic heterocycles. The van der Waals surface area contributed by atoms with Gasteiger partial charge in [-0.1, -0.05) is 23.5 Å². The summed E-state index contributed by atoms with van der Waals surface area (Å²) < 4.78 is 37.2. The number of carbonyl (C=O) groups excluding carboxylic acids is 1. The van der Waals surface area contributed by atoms with E-state index in [1.807, 2.05) is 19.1 Å². The number of fused-ring (bicyclic) bond motifs is 1. The van der Waals surface area contributed by atoms with Crippen molar-refractivity contribution >= 4 is 42.4 Å². The fraction of sp³-hybridized carbons (Fsp3) is 0.250. The molecule has 0 bridgehead atoms. The molecule has 2 heterocycles. The first-order valence-electron chi connectivity index (χ1n) is 10.3. The van der Waals surface area contributed by atoms with Crippen molar-refractivity contribution in [1.82, 2.24) is 4.98 Å². The first kappa shape index (κ1) is 23.0. The van der Waals surface area contributed by atoms with Gasteiger partial charge in [-0.25, -0.2) is 13.4 Å². The summed E-state index contributed by atoms with van der Waals surface area (Å²) in [7, 11) is -1.95. The highest BCUT2D eigenvalue weighted by Crippen LogP contribution is 2.37. The lowest BCUT2D eigenvalue weighted by atomic mass is 10.2. The second-order valence-electron chi connectivity index (χ2n) is 7.85. The number of furan rings is 1. The largest absolute Gasteiger partial charge is 0.494 e. The van der Waals surface area contributed by atoms with Crippen molar-refractivity contribution in [1.29, 1.82) is 0 Å². The zero-order valence-corrected chi connectivity index (χ0v) is 20.4. The number of aryl methyl sites for hydroxylation is 1. The molecule has 0 atom stereocenters. The van der Waals surface area contributed by atoms with Crippen molar-refractivity contribution in [3.63, 3.8) is 0 Å². The Labute approximate surface area is 196 Å². The first-order valence-corrected chi connectivity index (χ1v) is 12.7. The highest BCUT2D eigenvalue weighted by molar-refractivity contribution is 7.92. The fourth-order valence-electron chi connectivity index (χ4n) is 3.40. The Balaban J connectivity index is 1.82. The Bertz CT molecular complexity index is 1410. The van der Waals surface area contributed by atoms with Crippen molar-refractivity contribution in [3.05, 3.63) is 71.7 Å². The van der Waals surface area contributed by atoms with Crippen molar-refractivity contribution in [2.24, 2.45) is 0 Å². The monoisotopic (exact) mass is 484 g/mol. The second-order valence-corrected chi connectivity index (χ2v) is 11.3. The third kappa shape index (κ3) is 4.38. The number of ether oxygens (including phenoxy) is 1. The Hall–Kier alpha value is -3.17. The average Bonchev–Trinajstić information content (AvgIpc) is 3.48. The molecular weight excluding hydrogens is 460 g/mol. The molecule has 0 saturated heterocycles. The topological polar surface area (TPSA) is 89.7 Å². The van der Waals surface area contributed by atoms with Crippen molar-refractivity contribution in [2.75, 3.05) is 12.0 Å². The SMILES string of the molecule is COc1ccc(C)c2sc(N(Cc3ccco3)C(=O)c3cccc(S(=O)(=O)C(C)C)c3)nc12. The van der Waals surface area contributed by atoms with Crippen molar-refractivity contribution in [2.45, 2.75) is 37.5 Å². The quantitative estimate of drug-likeness (QED) is 0.357. The highest BCUT2D eigenvalue weighted by atomic mass is 32.2. The van der Waals surface area contributed by atoms with Crippen LogP contribution < -0.4 is 9.64 Å². The lowest BCUT2D eigenvalue weighted by Crippen LogP contribution is -2.30. The predicted octanol–water partition coefficient (Wildman–Crippen LogP) is 5.24. The van der Waals surface area contributed by atoms with E-state index in [9.17, 15) is 13.2 Å². The summed E-state index contributed by atoms with van der Waals surface area (Å²) >= 11 is 1.38. The van der Waals surface area contributed by atoms with Crippen molar-refractivity contribution in [3.8, 4) is 5.75 Å². The van der Waals surface area contributed by atoms with Gasteiger partial charge in [0.05, 0.1) is 34.8 Å². The number of carbonyl (C=O) groups is 1. The maximum absolute atomic E-state index is 13.7. The average molecular weight is 485 g/mol. The highest BCUT2D eigenvalue weighted by Gasteiger charge is 2.26. The Morgan fingerprint density at radius 1 is 1.18 bits per heavy atom. The van der Waals surface area contributed by atoms with Gasteiger partial charge < -0.3 is 9.15 Å². The number of aromatic nitrogens is 1. The summed E-state index contributed by atoms with van der Waals surface area (Å²) in [6.07, 6.45) is 1.54. The van der Waals surface area contributed by atoms with Gasteiger partial charge in [0.1, 0.15) is 17.0 Å². The Morgan fingerprint density at radius 2 is 1.97 bits per heavy atom. The minimum absolute atomic E-state index is 0.114. The standard InChI is InChI=1S/C24H24N2O5S2/c1-15(2)33(28,29)19-9-5-7-17(13-19)23(27)26(14-18-8-6-12-31-18)24-25-21-20(30-4)11-10-16(3)22(21)32-24/h5-13,15H,14H2,1-4H3. The minimum Gasteiger partial charge on any atom is -0.494 e. The Kier molecular flexibility index (Phi) is 6.27. The third-order valence-corrected chi connectivity index (χ3v) is 8.68. The normalized spacial score (nSPS) is 11.8. The molecule has 0 aliphatic rings. The molecule has 172 valence electrons. The first-order chi connectivity index (χ1) is 15.7. The Morgan fingerprint density at radius 3 is 2.64 bits per heavy atom. The number of thiazole rings is 1. The van der Waals surface area contributed by atoms with Gasteiger partial charge in [0.2, 0.25) is 0 Å². The van der Waals surface area contributed by atoms with Crippen LogP contribution in [-0.2, 0) is 16.4 Å². The van der Waals surface area contributed by atoms with E-state index >= 15 is 0 Å². The molecule has 33 heavy (non-hydrogen) atoms. The predicted molar refractivity (Wildman–Crippen MR) is 129 cm³/mol. The second kappa shape index (κ2) is 8.99. The lowest BCUT2D eigenvalue weighted by Gasteiger charge is -2.19. The van der Waals surface area contributed by atoms with Crippen LogP contribution in [0.4, 0.5) is 5.13 Å². The van der Waals surface area contributed by atoms with E-state index in [1.165, 1.54) is 28.4 Å². The maximum Gasteiger partial charge on any atom is 0.260 e. The molecular formula is C24H24N2O5S2. The van der Waals surface area contributed by atoms with Crippen LogP contribution in [0.15, 0.2) is 64.1 Å². The number of sulfone groups is 1. The van der Waals surface area contributed by atoms with Gasteiger partial charge in [0.25, 0.3) is 5.91 Å². The van der Waals surface area contributed by atoms with E-state index in [2.05, 4.69) is 0 Å². The summed E-state index contributed by atoms with van der Waals surface area (Å²) in [4.78, 5) is 20.0. The van der Waals surface area contributed by atoms with Crippen LogP contribution in [0, 0.1) is 6.92 Å². The van der Waals surface area contributed by atoms with Crippen LogP contribution >= 0.6 is 11.3 Å². The molecule has 7 nitrogen and oxygen atoms in total. The number of nitrogens with zero attached hydrogens (tertiary/aromatic N) is 2. The van der Waals surface area contributed by atoms with Crippen LogP contribution in [0.2, 0.25) is 0 Å². The molecule has 2 aromatic carbocycles. The minimum atomic E-state index is -3.53. The summed E-state index contributed by atoms with van der Waals surface area (Å²) in [6.45, 7) is 5.35. The molecule has 9 heteroatoms. The fourth-order valence-corrected chi connectivity index (χ4v) is 5.55. The molecule has 0 saturated carbocycles. The molecule has 0 N–H and O–H groups in total. The van der Waals surface area contributed by atoms with Crippen LogP contribution in [0.3, 0.4) is 0 Å². The molecule has 2 aromatic heterocycles. The number of benzene rings is 2. The molecule has 0 aliphatic carbocycles. The van der Waals surface area contributed by atoms with Crippen LogP contribution in [0.1, 0.15) is 35.5 Å². The molecule has 0 spiro atoms. The van der Waals surface area contributed by atoms with Gasteiger partial charge >= 0.3 is 0 Å². The zero-order chi connectivity index (χ0) is 23.8. The summed E-state index contributed by atoms with van der Waals surface area (Å²) in [5, 5.41) is -0.127. The maximum atomic E-state index is 13.7. The van der Waals surface area contributed by atoms with Crippen LogP contribution in [0.25, 0.3) is 10.2 Å². The number of anilines is 1. The molecule has 0 radical (unpaired) electrons. The van der Waals surface area contributed by atoms with E-state index in [0.29, 0.717) is 22.2 Å². The zero-order valence-electron chi connectivity index (χ0n) is 18.7. The van der Waals surface area contributed by atoms with Gasteiger partial charge in [-0.05, 0) is 62.7 Å². The summed E-state index contributed by atoms with van der Waals surface area (Å²) in [5.74, 6) is 0.827. The number of methoxy groups -OCH3 is 1. The smallest absolute Gasteiger partial charge is 0.260 e. The van der Waals surface area contributed by atoms with Crippen LogP contribution in [-0.4, -0.2) is 31.7 Å². The number of hydrogen-bond donors (Lipinski definition) is 0. The van der Waals surface area contributed by atoms with E-state index in [4.69, 9.17) is 14.1 Å². The summed E-state index contributed by atoms with van der Waals surface area (Å²) in [6, 6.07) is 13.4. The lowest BCUT2D eigenvalue weighted by molar-refractivity contribution is 0.0983. The third-order valence-electron chi connectivity index (χ3n) is 5.31. The van der Waals surface area contributed by atoms with Crippen LogP contribution in [0.5, 0.6) is 5.75 Å². The van der Waals surface area contributed by atoms with E-state index in [1.54, 1.807) is 51.5 Å². The molecule has 1 amide bonds. The van der Waals surface area contributed by atoms with E-state index in [-0.39, 0.29) is 22.9 Å². The molecule has 4 rings (SSSR count). The number of rotatable bonds is 7. The van der Waals surface area contributed by atoms with E-state index < -0.39 is 15.1 Å². The van der Waals surface area contributed by atoms with Gasteiger partial charge in [-0.3, -0.25) is 9.69 Å². The number of amides is 1. The van der Waals surface area contributed by atoms with Gasteiger partial charge in [-0.2, -0.15) is 0 Å². The van der Waals surface area contributed by atoms with Crippen molar-refractivity contribution < 1.29 is 22.4 Å². The van der Waals surface area contributed by atoms with Gasteiger partial charge in [0, 0.05) is 5.56 Å². The van der Waals surface area contributed by atoms with Gasteiger partial charge in [0.15, 0.2) is 15.0 Å². The molecule has 4 aromatic rings.